The predicted octanol–water partition coefficient (Wildman–Crippen LogP) is 2.47. The molecule has 1 aromatic heterocycles. The first-order valence-electron chi connectivity index (χ1n) is 8.68. The number of amides is 1. The molecule has 1 saturated heterocycles. The second-order valence-electron chi connectivity index (χ2n) is 7.01. The van der Waals surface area contributed by atoms with Gasteiger partial charge in [0.05, 0.1) is 13.2 Å². The van der Waals surface area contributed by atoms with Crippen LogP contribution in [0.15, 0.2) is 16.5 Å². The molecule has 0 radical (unpaired) electrons. The van der Waals surface area contributed by atoms with Crippen molar-refractivity contribution in [2.45, 2.75) is 51.2 Å². The highest BCUT2D eigenvalue weighted by atomic mass is 16.5. The number of furan rings is 1. The van der Waals surface area contributed by atoms with Crippen LogP contribution in [0.3, 0.4) is 0 Å². The highest BCUT2D eigenvalue weighted by molar-refractivity contribution is 5.94. The zero-order valence-electron chi connectivity index (χ0n) is 14.2. The Balaban J connectivity index is 1.76. The van der Waals surface area contributed by atoms with Crippen molar-refractivity contribution in [3.05, 3.63) is 23.7 Å². The number of aliphatic hydroxyl groups is 1. The Morgan fingerprint density at radius 3 is 2.75 bits per heavy atom. The third-order valence-corrected chi connectivity index (χ3v) is 5.38. The van der Waals surface area contributed by atoms with Crippen LogP contribution in [0, 0.1) is 11.8 Å². The van der Waals surface area contributed by atoms with E-state index in [0.717, 1.165) is 32.1 Å². The van der Waals surface area contributed by atoms with E-state index in [1.54, 1.807) is 0 Å². The Kier molecular flexibility index (Phi) is 4.94. The third-order valence-electron chi connectivity index (χ3n) is 5.38. The van der Waals surface area contributed by atoms with E-state index in [-0.39, 0.29) is 35.5 Å². The lowest BCUT2D eigenvalue weighted by Gasteiger charge is -2.39. The largest absolute Gasteiger partial charge is 0.463 e. The molecule has 132 valence electrons. The quantitative estimate of drug-likeness (QED) is 0.858. The predicted molar refractivity (Wildman–Crippen MR) is 86.6 cm³/mol. The molecule has 1 saturated carbocycles. The summed E-state index contributed by atoms with van der Waals surface area (Å²) in [5.41, 5.74) is 0. The van der Waals surface area contributed by atoms with Crippen LogP contribution in [0.5, 0.6) is 0 Å². The molecule has 1 N–H and O–H groups in total. The van der Waals surface area contributed by atoms with Crippen LogP contribution < -0.4 is 0 Å². The summed E-state index contributed by atoms with van der Waals surface area (Å²) in [6.45, 7) is 2.87. The summed E-state index contributed by atoms with van der Waals surface area (Å²) in [6, 6.07) is 3.02. The van der Waals surface area contributed by atoms with Crippen molar-refractivity contribution in [3.8, 4) is 0 Å². The number of nitrogens with zero attached hydrogens (tertiary/aromatic N) is 1. The number of likely N-dealkylation sites (tertiary alicyclic amines) is 1. The number of esters is 1. The van der Waals surface area contributed by atoms with Crippen molar-refractivity contribution in [1.29, 1.82) is 0 Å². The molecule has 1 aliphatic heterocycles. The maximum Gasteiger partial charge on any atom is 0.373 e. The number of aliphatic hydroxyl groups excluding tert-OH is 1. The van der Waals surface area contributed by atoms with E-state index >= 15 is 0 Å². The lowest BCUT2D eigenvalue weighted by Crippen LogP contribution is -2.46. The zero-order chi connectivity index (χ0) is 17.3. The van der Waals surface area contributed by atoms with Crippen LogP contribution in [0.4, 0.5) is 0 Å². The van der Waals surface area contributed by atoms with Gasteiger partial charge in [0.2, 0.25) is 5.76 Å². The number of hydrogen-bond acceptors (Lipinski definition) is 5. The number of methoxy groups -OCH3 is 1. The number of carbonyl (C=O) groups is 2. The molecular weight excluding hydrogens is 310 g/mol. The van der Waals surface area contributed by atoms with Gasteiger partial charge in [0.15, 0.2) is 5.76 Å². The minimum atomic E-state index is -0.594. The number of ether oxygens (including phenoxy) is 1. The first-order chi connectivity index (χ1) is 11.5. The maximum absolute atomic E-state index is 12.8. The highest BCUT2D eigenvalue weighted by Gasteiger charge is 2.41. The van der Waals surface area contributed by atoms with Gasteiger partial charge < -0.3 is 19.2 Å². The lowest BCUT2D eigenvalue weighted by atomic mass is 9.76. The zero-order valence-corrected chi connectivity index (χ0v) is 14.2. The third kappa shape index (κ3) is 3.20. The summed E-state index contributed by atoms with van der Waals surface area (Å²) in [7, 11) is 1.27. The average molecular weight is 335 g/mol. The summed E-state index contributed by atoms with van der Waals surface area (Å²) < 4.78 is 9.97. The van der Waals surface area contributed by atoms with Crippen LogP contribution in [0.2, 0.25) is 0 Å². The fourth-order valence-electron chi connectivity index (χ4n) is 4.12. The van der Waals surface area contributed by atoms with Gasteiger partial charge in [-0.15, -0.1) is 0 Å². The molecule has 6 heteroatoms. The topological polar surface area (TPSA) is 80.0 Å². The van der Waals surface area contributed by atoms with Crippen LogP contribution in [0.25, 0.3) is 0 Å². The number of rotatable bonds is 3. The molecule has 0 bridgehead atoms. The highest BCUT2D eigenvalue weighted by Crippen LogP contribution is 2.37. The standard InChI is InChI=1S/C18H25NO5/c1-11-5-6-14(20)12(10-11)13-4-3-9-19(13)17(21)15-7-8-16(24-15)18(22)23-2/h7-8,11-14,20H,3-6,9-10H2,1-2H3/t11-,12-,13+,14+/m0/s1. The van der Waals surface area contributed by atoms with E-state index < -0.39 is 5.97 Å². The second kappa shape index (κ2) is 6.97. The Morgan fingerprint density at radius 1 is 1.25 bits per heavy atom. The number of hydrogen-bond donors (Lipinski definition) is 1. The molecule has 3 rings (SSSR count). The van der Waals surface area contributed by atoms with Crippen molar-refractivity contribution in [2.75, 3.05) is 13.7 Å². The number of carbonyl (C=O) groups excluding carboxylic acids is 2. The maximum atomic E-state index is 12.8. The molecule has 2 fully saturated rings. The molecule has 6 nitrogen and oxygen atoms in total. The van der Waals surface area contributed by atoms with Crippen LogP contribution in [-0.4, -0.2) is 47.7 Å². The summed E-state index contributed by atoms with van der Waals surface area (Å²) in [4.78, 5) is 26.1. The van der Waals surface area contributed by atoms with Crippen LogP contribution in [-0.2, 0) is 4.74 Å². The van der Waals surface area contributed by atoms with Gasteiger partial charge in [0.1, 0.15) is 0 Å². The summed E-state index contributed by atoms with van der Waals surface area (Å²) in [5, 5.41) is 10.4. The van der Waals surface area contributed by atoms with E-state index in [9.17, 15) is 14.7 Å². The van der Waals surface area contributed by atoms with Crippen molar-refractivity contribution in [2.24, 2.45) is 11.8 Å². The van der Waals surface area contributed by atoms with Gasteiger partial charge in [-0.3, -0.25) is 4.79 Å². The molecule has 2 aliphatic rings. The van der Waals surface area contributed by atoms with Crippen molar-refractivity contribution in [3.63, 3.8) is 0 Å². The van der Waals surface area contributed by atoms with E-state index in [2.05, 4.69) is 11.7 Å². The Morgan fingerprint density at radius 2 is 2.00 bits per heavy atom. The van der Waals surface area contributed by atoms with Crippen molar-refractivity contribution < 1.29 is 23.8 Å². The van der Waals surface area contributed by atoms with E-state index in [4.69, 9.17) is 4.42 Å². The van der Waals surface area contributed by atoms with Gasteiger partial charge in [-0.05, 0) is 50.2 Å². The Hall–Kier alpha value is -1.82. The molecular formula is C18H25NO5. The summed E-state index contributed by atoms with van der Waals surface area (Å²) in [6.07, 6.45) is 4.28. The van der Waals surface area contributed by atoms with Crippen LogP contribution in [0.1, 0.15) is 60.1 Å². The van der Waals surface area contributed by atoms with Gasteiger partial charge in [-0.2, -0.15) is 0 Å². The van der Waals surface area contributed by atoms with Gasteiger partial charge in [-0.25, -0.2) is 4.79 Å². The molecule has 4 atom stereocenters. The van der Waals surface area contributed by atoms with Crippen LogP contribution >= 0.6 is 0 Å². The fourth-order valence-corrected chi connectivity index (χ4v) is 4.12. The molecule has 0 aromatic carbocycles. The average Bonchev–Trinajstić information content (AvgIpc) is 3.25. The fraction of sp³-hybridized carbons (Fsp3) is 0.667. The minimum Gasteiger partial charge on any atom is -0.463 e. The monoisotopic (exact) mass is 335 g/mol. The molecule has 2 heterocycles. The Bertz CT molecular complexity index is 610. The van der Waals surface area contributed by atoms with Crippen molar-refractivity contribution >= 4 is 11.9 Å². The molecule has 0 spiro atoms. The van der Waals surface area contributed by atoms with Gasteiger partial charge in [-0.1, -0.05) is 6.92 Å². The van der Waals surface area contributed by atoms with Gasteiger partial charge >= 0.3 is 5.97 Å². The molecule has 1 aromatic rings. The lowest BCUT2D eigenvalue weighted by molar-refractivity contribution is 0.00767. The smallest absolute Gasteiger partial charge is 0.373 e. The summed E-state index contributed by atoms with van der Waals surface area (Å²) >= 11 is 0. The Labute approximate surface area is 141 Å². The van der Waals surface area contributed by atoms with Gasteiger partial charge in [0, 0.05) is 18.5 Å². The van der Waals surface area contributed by atoms with E-state index in [1.807, 2.05) is 4.90 Å². The normalized spacial score (nSPS) is 30.4. The summed E-state index contributed by atoms with van der Waals surface area (Å²) in [5.74, 6) is 0.0749. The van der Waals surface area contributed by atoms with E-state index in [1.165, 1.54) is 19.2 Å². The SMILES string of the molecule is COC(=O)c1ccc(C(=O)N2CCC[C@@H]2[C@@H]2C[C@@H](C)CC[C@H]2O)o1. The van der Waals surface area contributed by atoms with Crippen molar-refractivity contribution in [1.82, 2.24) is 4.90 Å². The first-order valence-corrected chi connectivity index (χ1v) is 8.68. The first kappa shape index (κ1) is 17.0. The molecule has 1 amide bonds. The minimum absolute atomic E-state index is 0.0305. The van der Waals surface area contributed by atoms with E-state index in [0.29, 0.717) is 12.5 Å². The molecule has 1 aliphatic carbocycles. The van der Waals surface area contributed by atoms with Gasteiger partial charge in [0.25, 0.3) is 5.91 Å². The molecule has 24 heavy (non-hydrogen) atoms. The molecule has 0 unspecified atom stereocenters. The second-order valence-corrected chi connectivity index (χ2v) is 7.01.